The molecule has 0 saturated heterocycles. The summed E-state index contributed by atoms with van der Waals surface area (Å²) in [7, 11) is 0. The van der Waals surface area contributed by atoms with Crippen molar-refractivity contribution >= 4 is 0 Å². The zero-order valence-corrected chi connectivity index (χ0v) is 8.93. The Morgan fingerprint density at radius 1 is 1.19 bits per heavy atom. The van der Waals surface area contributed by atoms with Crippen LogP contribution in [0.4, 0.5) is 0 Å². The largest absolute Gasteiger partial charge is 0.411 e. The molecule has 0 fully saturated rings. The molecule has 1 N–H and O–H groups in total. The third-order valence-electron chi connectivity index (χ3n) is 3.05. The summed E-state index contributed by atoms with van der Waals surface area (Å²) in [6.07, 6.45) is 6.01. The Hall–Kier alpha value is -1.84. The number of hydrogen-bond donors (Lipinski definition) is 1. The number of rotatable bonds is 1. The topological polar surface area (TPSA) is 50.9 Å². The molecule has 0 unspecified atom stereocenters. The average molecular weight is 215 g/mol. The highest BCUT2D eigenvalue weighted by atomic mass is 16.5. The lowest BCUT2D eigenvalue weighted by Gasteiger charge is -2.10. The van der Waals surface area contributed by atoms with Gasteiger partial charge in [-0.3, -0.25) is 4.98 Å². The minimum Gasteiger partial charge on any atom is -0.411 e. The van der Waals surface area contributed by atoms with Crippen molar-refractivity contribution in [2.24, 2.45) is 0 Å². The van der Waals surface area contributed by atoms with Gasteiger partial charge in [0.15, 0.2) is 0 Å². The summed E-state index contributed by atoms with van der Waals surface area (Å²) in [4.78, 5) is 5.25. The van der Waals surface area contributed by atoms with Crippen molar-refractivity contribution in [3.8, 4) is 11.4 Å². The van der Waals surface area contributed by atoms with Crippen LogP contribution < -0.4 is 0 Å². The molecule has 0 aliphatic heterocycles. The molecule has 0 amide bonds. The smallest absolute Gasteiger partial charge is 0.132 e. The molecule has 0 spiro atoms. The van der Waals surface area contributed by atoms with Crippen molar-refractivity contribution in [3.05, 3.63) is 35.7 Å². The van der Waals surface area contributed by atoms with Crippen molar-refractivity contribution in [1.82, 2.24) is 14.9 Å². The monoisotopic (exact) mass is 215 g/mol. The Morgan fingerprint density at radius 3 is 2.88 bits per heavy atom. The van der Waals surface area contributed by atoms with E-state index in [2.05, 4.69) is 10.1 Å². The lowest BCUT2D eigenvalue weighted by Crippen LogP contribution is -2.01. The second-order valence-corrected chi connectivity index (χ2v) is 4.09. The van der Waals surface area contributed by atoms with Gasteiger partial charge < -0.3 is 5.21 Å². The first-order chi connectivity index (χ1) is 7.86. The number of aryl methyl sites for hydroxylation is 1. The number of hydrogen-bond acceptors (Lipinski definition) is 3. The van der Waals surface area contributed by atoms with Crippen molar-refractivity contribution in [2.45, 2.75) is 25.7 Å². The van der Waals surface area contributed by atoms with Gasteiger partial charge >= 0.3 is 0 Å². The number of pyridine rings is 1. The molecule has 16 heavy (non-hydrogen) atoms. The molecule has 82 valence electrons. The van der Waals surface area contributed by atoms with Gasteiger partial charge in [0.05, 0.1) is 11.4 Å². The number of fused-ring (bicyclic) bond motifs is 1. The van der Waals surface area contributed by atoms with E-state index >= 15 is 0 Å². The van der Waals surface area contributed by atoms with E-state index in [0.29, 0.717) is 0 Å². The first kappa shape index (κ1) is 9.39. The lowest BCUT2D eigenvalue weighted by atomic mass is 9.95. The summed E-state index contributed by atoms with van der Waals surface area (Å²) in [6.45, 7) is 0. The summed E-state index contributed by atoms with van der Waals surface area (Å²) in [5.74, 6) is 0. The van der Waals surface area contributed by atoms with Crippen LogP contribution in [0.3, 0.4) is 0 Å². The fourth-order valence-corrected chi connectivity index (χ4v) is 2.30. The van der Waals surface area contributed by atoms with Gasteiger partial charge in [-0.2, -0.15) is 0 Å². The molecular weight excluding hydrogens is 202 g/mol. The molecule has 2 aromatic heterocycles. The summed E-state index contributed by atoms with van der Waals surface area (Å²) >= 11 is 0. The van der Waals surface area contributed by atoms with Gasteiger partial charge in [-0.15, -0.1) is 5.10 Å². The van der Waals surface area contributed by atoms with E-state index in [1.807, 2.05) is 18.2 Å². The molecule has 0 radical (unpaired) electrons. The molecule has 2 aromatic rings. The van der Waals surface area contributed by atoms with Crippen LogP contribution in [0.1, 0.15) is 24.1 Å². The molecule has 0 bridgehead atoms. The van der Waals surface area contributed by atoms with Crippen LogP contribution in [0.15, 0.2) is 24.4 Å². The highest BCUT2D eigenvalue weighted by Crippen LogP contribution is 2.29. The standard InChI is InChI=1S/C12H13N3O/c16-15-12(11-7-3-4-8-13-11)9-5-1-2-6-10(9)14-15/h3-4,7-8,16H,1-2,5-6H2. The zero-order chi connectivity index (χ0) is 11.0. The van der Waals surface area contributed by atoms with E-state index in [0.717, 1.165) is 46.8 Å². The van der Waals surface area contributed by atoms with Crippen LogP contribution in [0.25, 0.3) is 11.4 Å². The maximum absolute atomic E-state index is 9.82. The molecule has 4 heteroatoms. The van der Waals surface area contributed by atoms with E-state index in [1.165, 1.54) is 6.42 Å². The second kappa shape index (κ2) is 3.63. The van der Waals surface area contributed by atoms with Crippen LogP contribution in [0.5, 0.6) is 0 Å². The maximum atomic E-state index is 9.82. The Labute approximate surface area is 93.5 Å². The van der Waals surface area contributed by atoms with E-state index in [1.54, 1.807) is 6.20 Å². The molecule has 0 aromatic carbocycles. The number of aromatic nitrogens is 3. The fraction of sp³-hybridized carbons (Fsp3) is 0.333. The molecule has 0 atom stereocenters. The van der Waals surface area contributed by atoms with Crippen molar-refractivity contribution in [2.75, 3.05) is 0 Å². The van der Waals surface area contributed by atoms with E-state index < -0.39 is 0 Å². The van der Waals surface area contributed by atoms with Crippen molar-refractivity contribution in [3.63, 3.8) is 0 Å². The maximum Gasteiger partial charge on any atom is 0.132 e. The molecule has 3 rings (SSSR count). The Balaban J connectivity index is 2.17. The third-order valence-corrected chi connectivity index (χ3v) is 3.05. The van der Waals surface area contributed by atoms with Gasteiger partial charge in [0.25, 0.3) is 0 Å². The second-order valence-electron chi connectivity index (χ2n) is 4.09. The predicted octanol–water partition coefficient (Wildman–Crippen LogP) is 2.06. The van der Waals surface area contributed by atoms with E-state index in [-0.39, 0.29) is 0 Å². The molecule has 2 heterocycles. The van der Waals surface area contributed by atoms with Crippen molar-refractivity contribution < 1.29 is 5.21 Å². The molecule has 0 saturated carbocycles. The Bertz CT molecular complexity index is 504. The SMILES string of the molecule is On1nc2c(c1-c1ccccn1)CCCC2. The average Bonchev–Trinajstić information content (AvgIpc) is 2.66. The molecule has 4 nitrogen and oxygen atoms in total. The van der Waals surface area contributed by atoms with Crippen LogP contribution in [-0.2, 0) is 12.8 Å². The van der Waals surface area contributed by atoms with E-state index in [9.17, 15) is 5.21 Å². The van der Waals surface area contributed by atoms with Crippen LogP contribution in [0.2, 0.25) is 0 Å². The van der Waals surface area contributed by atoms with Gasteiger partial charge in [0.1, 0.15) is 5.69 Å². The summed E-state index contributed by atoms with van der Waals surface area (Å²) in [5, 5.41) is 14.0. The number of nitrogens with zero attached hydrogens (tertiary/aromatic N) is 3. The van der Waals surface area contributed by atoms with Crippen LogP contribution >= 0.6 is 0 Å². The van der Waals surface area contributed by atoms with Crippen LogP contribution in [0, 0.1) is 0 Å². The first-order valence-corrected chi connectivity index (χ1v) is 5.57. The first-order valence-electron chi connectivity index (χ1n) is 5.57. The Morgan fingerprint density at radius 2 is 2.06 bits per heavy atom. The predicted molar refractivity (Wildman–Crippen MR) is 59.3 cm³/mol. The summed E-state index contributed by atoms with van der Waals surface area (Å²) < 4.78 is 0. The third kappa shape index (κ3) is 1.38. The fourth-order valence-electron chi connectivity index (χ4n) is 2.30. The summed E-state index contributed by atoms with van der Waals surface area (Å²) in [5.41, 5.74) is 3.73. The van der Waals surface area contributed by atoms with Gasteiger partial charge in [0, 0.05) is 11.8 Å². The zero-order valence-electron chi connectivity index (χ0n) is 8.93. The highest BCUT2D eigenvalue weighted by Gasteiger charge is 2.22. The van der Waals surface area contributed by atoms with Gasteiger partial charge in [-0.25, -0.2) is 0 Å². The molecule has 1 aliphatic rings. The Kier molecular flexibility index (Phi) is 2.13. The van der Waals surface area contributed by atoms with E-state index in [4.69, 9.17) is 0 Å². The minimum absolute atomic E-state index is 0.760. The normalized spacial score (nSPS) is 14.8. The minimum atomic E-state index is 0.760. The summed E-state index contributed by atoms with van der Waals surface area (Å²) in [6, 6.07) is 5.69. The quantitative estimate of drug-likeness (QED) is 0.741. The molecule has 1 aliphatic carbocycles. The van der Waals surface area contributed by atoms with Gasteiger partial charge in [-0.1, -0.05) is 10.9 Å². The lowest BCUT2D eigenvalue weighted by molar-refractivity contribution is 0.152. The van der Waals surface area contributed by atoms with Crippen molar-refractivity contribution in [1.29, 1.82) is 0 Å². The van der Waals surface area contributed by atoms with Gasteiger partial charge in [0.2, 0.25) is 0 Å². The highest BCUT2D eigenvalue weighted by molar-refractivity contribution is 5.60. The van der Waals surface area contributed by atoms with Gasteiger partial charge in [-0.05, 0) is 37.8 Å². The van der Waals surface area contributed by atoms with Crippen LogP contribution in [-0.4, -0.2) is 20.1 Å². The molecular formula is C12H13N3O.